The third-order valence-corrected chi connectivity index (χ3v) is 3.08. The van der Waals surface area contributed by atoms with Crippen LogP contribution < -0.4 is 0 Å². The number of rotatable bonds is 6. The second-order valence-corrected chi connectivity index (χ2v) is 4.74. The van der Waals surface area contributed by atoms with E-state index >= 15 is 0 Å². The van der Waals surface area contributed by atoms with Crippen LogP contribution in [0.25, 0.3) is 5.69 Å². The first-order valence-electron chi connectivity index (χ1n) is 6.15. The molecule has 1 heterocycles. The molecule has 0 aliphatic carbocycles. The zero-order valence-corrected chi connectivity index (χ0v) is 11.3. The van der Waals surface area contributed by atoms with E-state index in [1.54, 1.807) is 18.3 Å². The Morgan fingerprint density at radius 2 is 2.20 bits per heavy atom. The maximum absolute atomic E-state index is 13.8. The molecule has 0 aliphatic heterocycles. The number of unbranched alkanes of at least 4 members (excludes halogenated alkanes) is 1. The van der Waals surface area contributed by atoms with Crippen molar-refractivity contribution >= 4 is 17.6 Å². The average molecular weight is 298 g/mol. The van der Waals surface area contributed by atoms with Gasteiger partial charge in [-0.05, 0) is 31.4 Å². The molecule has 0 atom stereocenters. The van der Waals surface area contributed by atoms with Crippen molar-refractivity contribution in [1.82, 2.24) is 15.0 Å². The predicted octanol–water partition coefficient (Wildman–Crippen LogP) is 2.86. The molecule has 0 spiro atoms. The maximum atomic E-state index is 13.8. The van der Waals surface area contributed by atoms with Crippen molar-refractivity contribution in [3.63, 3.8) is 0 Å². The van der Waals surface area contributed by atoms with Gasteiger partial charge in [0.1, 0.15) is 5.69 Å². The highest BCUT2D eigenvalue weighted by Crippen LogP contribution is 2.20. The van der Waals surface area contributed by atoms with Crippen molar-refractivity contribution < 1.29 is 14.3 Å². The van der Waals surface area contributed by atoms with E-state index < -0.39 is 11.8 Å². The van der Waals surface area contributed by atoms with Crippen molar-refractivity contribution in [3.8, 4) is 5.69 Å². The number of carboxylic acid groups (broad SMARTS) is 1. The highest BCUT2D eigenvalue weighted by Gasteiger charge is 2.10. The van der Waals surface area contributed by atoms with Gasteiger partial charge in [0.2, 0.25) is 0 Å². The number of aliphatic carboxylic acids is 1. The predicted molar refractivity (Wildman–Crippen MR) is 71.5 cm³/mol. The number of halogens is 2. The number of aryl methyl sites for hydroxylation is 1. The summed E-state index contributed by atoms with van der Waals surface area (Å²) < 4.78 is 15.1. The molecule has 106 valence electrons. The van der Waals surface area contributed by atoms with Crippen LogP contribution in [0, 0.1) is 5.82 Å². The largest absolute Gasteiger partial charge is 0.481 e. The minimum Gasteiger partial charge on any atom is -0.481 e. The van der Waals surface area contributed by atoms with Gasteiger partial charge in [-0.3, -0.25) is 4.79 Å². The summed E-state index contributed by atoms with van der Waals surface area (Å²) in [6, 6.07) is 4.66. The first-order chi connectivity index (χ1) is 9.58. The summed E-state index contributed by atoms with van der Waals surface area (Å²) in [7, 11) is 0. The van der Waals surface area contributed by atoms with E-state index in [1.807, 2.05) is 0 Å². The fourth-order valence-electron chi connectivity index (χ4n) is 1.78. The van der Waals surface area contributed by atoms with E-state index in [0.717, 1.165) is 0 Å². The molecule has 1 aromatic heterocycles. The highest BCUT2D eigenvalue weighted by atomic mass is 35.5. The Morgan fingerprint density at radius 3 is 2.95 bits per heavy atom. The lowest BCUT2D eigenvalue weighted by Crippen LogP contribution is -1.98. The third-order valence-electron chi connectivity index (χ3n) is 2.79. The number of carboxylic acids is 1. The monoisotopic (exact) mass is 297 g/mol. The second kappa shape index (κ2) is 6.47. The molecule has 7 heteroatoms. The van der Waals surface area contributed by atoms with E-state index in [1.165, 1.54) is 10.7 Å². The molecule has 0 fully saturated rings. The Balaban J connectivity index is 2.02. The molecule has 2 aromatic rings. The van der Waals surface area contributed by atoms with Crippen LogP contribution in [0.1, 0.15) is 25.0 Å². The summed E-state index contributed by atoms with van der Waals surface area (Å²) in [6.45, 7) is 0. The smallest absolute Gasteiger partial charge is 0.303 e. The summed E-state index contributed by atoms with van der Waals surface area (Å²) >= 11 is 5.71. The molecule has 0 bridgehead atoms. The third kappa shape index (κ3) is 3.54. The van der Waals surface area contributed by atoms with E-state index in [2.05, 4.69) is 10.3 Å². The van der Waals surface area contributed by atoms with Crippen LogP contribution in [0.15, 0.2) is 24.4 Å². The molecule has 1 N–H and O–H groups in total. The minimum atomic E-state index is -0.811. The van der Waals surface area contributed by atoms with E-state index in [4.69, 9.17) is 16.7 Å². The van der Waals surface area contributed by atoms with Gasteiger partial charge in [0.05, 0.1) is 16.9 Å². The van der Waals surface area contributed by atoms with Crippen LogP contribution in [0.4, 0.5) is 4.39 Å². The van der Waals surface area contributed by atoms with Crippen molar-refractivity contribution in [1.29, 1.82) is 0 Å². The molecule has 5 nitrogen and oxygen atoms in total. The second-order valence-electron chi connectivity index (χ2n) is 4.33. The number of nitrogens with zero attached hydrogens (tertiary/aromatic N) is 3. The van der Waals surface area contributed by atoms with Gasteiger partial charge < -0.3 is 5.11 Å². The Hall–Kier alpha value is -1.95. The molecule has 0 aliphatic rings. The van der Waals surface area contributed by atoms with Crippen molar-refractivity contribution in [2.45, 2.75) is 25.7 Å². The summed E-state index contributed by atoms with van der Waals surface area (Å²) in [6.07, 6.45) is 3.64. The van der Waals surface area contributed by atoms with Gasteiger partial charge in [0, 0.05) is 6.42 Å². The van der Waals surface area contributed by atoms with Crippen LogP contribution >= 0.6 is 11.6 Å². The van der Waals surface area contributed by atoms with Gasteiger partial charge in [-0.2, -0.15) is 0 Å². The molecular formula is C13H13ClFN3O2. The lowest BCUT2D eigenvalue weighted by atomic mass is 10.1. The lowest BCUT2D eigenvalue weighted by Gasteiger charge is -2.02. The van der Waals surface area contributed by atoms with Crippen LogP contribution in [0.3, 0.4) is 0 Å². The van der Waals surface area contributed by atoms with Gasteiger partial charge >= 0.3 is 5.97 Å². The Kier molecular flexibility index (Phi) is 4.68. The van der Waals surface area contributed by atoms with Crippen LogP contribution in [-0.4, -0.2) is 26.1 Å². The zero-order chi connectivity index (χ0) is 14.5. The number of benzene rings is 1. The molecule has 0 amide bonds. The van der Waals surface area contributed by atoms with E-state index in [0.29, 0.717) is 25.0 Å². The Labute approximate surface area is 120 Å². The molecular weight excluding hydrogens is 285 g/mol. The molecule has 1 aromatic carbocycles. The number of aromatic nitrogens is 3. The Bertz CT molecular complexity index is 615. The molecule has 2 rings (SSSR count). The van der Waals surface area contributed by atoms with E-state index in [-0.39, 0.29) is 17.1 Å². The average Bonchev–Trinajstić information content (AvgIpc) is 2.86. The maximum Gasteiger partial charge on any atom is 0.303 e. The first kappa shape index (κ1) is 14.5. The first-order valence-corrected chi connectivity index (χ1v) is 6.53. The Morgan fingerprint density at radius 1 is 1.40 bits per heavy atom. The number of carbonyl (C=O) groups is 1. The molecule has 0 radical (unpaired) electrons. The lowest BCUT2D eigenvalue weighted by molar-refractivity contribution is -0.137. The van der Waals surface area contributed by atoms with Crippen LogP contribution in [0.5, 0.6) is 0 Å². The highest BCUT2D eigenvalue weighted by molar-refractivity contribution is 6.30. The minimum absolute atomic E-state index is 0.0287. The standard InChI is InChI=1S/C13H13ClFN3O2/c14-10-5-3-6-11(13(10)15)18-8-9(16-17-18)4-1-2-7-12(19)20/h3,5-6,8H,1-2,4,7H2,(H,19,20). The normalized spacial score (nSPS) is 10.7. The molecule has 0 saturated heterocycles. The van der Waals surface area contributed by atoms with Crippen LogP contribution in [0.2, 0.25) is 5.02 Å². The molecule has 20 heavy (non-hydrogen) atoms. The summed E-state index contributed by atoms with van der Waals surface area (Å²) in [5.74, 6) is -1.36. The van der Waals surface area contributed by atoms with Crippen LogP contribution in [-0.2, 0) is 11.2 Å². The van der Waals surface area contributed by atoms with Gasteiger partial charge in [0.25, 0.3) is 0 Å². The van der Waals surface area contributed by atoms with Gasteiger partial charge in [0.15, 0.2) is 5.82 Å². The topological polar surface area (TPSA) is 68.0 Å². The van der Waals surface area contributed by atoms with Crippen molar-refractivity contribution in [2.24, 2.45) is 0 Å². The summed E-state index contributed by atoms with van der Waals surface area (Å²) in [5, 5.41) is 16.4. The number of hydrogen-bond donors (Lipinski definition) is 1. The SMILES string of the molecule is O=C(O)CCCCc1cn(-c2cccc(Cl)c2F)nn1. The summed E-state index contributed by atoms with van der Waals surface area (Å²) in [5.41, 5.74) is 0.927. The summed E-state index contributed by atoms with van der Waals surface area (Å²) in [4.78, 5) is 10.4. The quantitative estimate of drug-likeness (QED) is 0.833. The fraction of sp³-hybridized carbons (Fsp3) is 0.308. The zero-order valence-electron chi connectivity index (χ0n) is 10.6. The van der Waals surface area contributed by atoms with Gasteiger partial charge in [-0.25, -0.2) is 9.07 Å². The van der Waals surface area contributed by atoms with E-state index in [9.17, 15) is 9.18 Å². The van der Waals surface area contributed by atoms with Gasteiger partial charge in [-0.1, -0.05) is 22.9 Å². The van der Waals surface area contributed by atoms with Crippen molar-refractivity contribution in [2.75, 3.05) is 0 Å². The molecule has 0 saturated carbocycles. The molecule has 0 unspecified atom stereocenters. The van der Waals surface area contributed by atoms with Gasteiger partial charge in [-0.15, -0.1) is 5.10 Å². The fourth-order valence-corrected chi connectivity index (χ4v) is 1.95. The number of hydrogen-bond acceptors (Lipinski definition) is 3. The van der Waals surface area contributed by atoms with Crippen molar-refractivity contribution in [3.05, 3.63) is 40.9 Å².